The first kappa shape index (κ1) is 26.6. The summed E-state index contributed by atoms with van der Waals surface area (Å²) >= 11 is 1.40. The second-order valence-corrected chi connectivity index (χ2v) is 12.0. The molecule has 0 spiro atoms. The van der Waals surface area contributed by atoms with Crippen LogP contribution in [0.4, 0.5) is 0 Å². The number of nitrogens with zero attached hydrogens (tertiary/aromatic N) is 2. The monoisotopic (exact) mass is 590 g/mol. The number of aliphatic carboxylic acids is 1. The second-order valence-electron chi connectivity index (χ2n) is 9.40. The van der Waals surface area contributed by atoms with Gasteiger partial charge in [-0.05, 0) is 35.7 Å². The molecule has 2 aliphatic rings. The van der Waals surface area contributed by atoms with Crippen LogP contribution in [0.3, 0.4) is 0 Å². The van der Waals surface area contributed by atoms with Crippen molar-refractivity contribution in [1.29, 1.82) is 0 Å². The maximum atomic E-state index is 13.2. The van der Waals surface area contributed by atoms with Crippen LogP contribution < -0.4 is 15.6 Å². The fourth-order valence-corrected chi connectivity index (χ4v) is 7.30. The Labute approximate surface area is 238 Å². The number of benzene rings is 2. The molecule has 208 valence electrons. The number of nitrogens with one attached hydrogen (secondary N) is 2. The molecule has 6 rings (SSSR count). The maximum absolute atomic E-state index is 13.2. The summed E-state index contributed by atoms with van der Waals surface area (Å²) in [5.41, 5.74) is 0.505. The Kier molecular flexibility index (Phi) is 6.97. The van der Waals surface area contributed by atoms with E-state index in [1.165, 1.54) is 11.3 Å². The van der Waals surface area contributed by atoms with Crippen molar-refractivity contribution in [3.05, 3.63) is 92.5 Å². The van der Waals surface area contributed by atoms with E-state index in [-0.39, 0.29) is 41.4 Å². The zero-order valence-corrected chi connectivity index (χ0v) is 22.9. The Bertz CT molecular complexity index is 1820. The van der Waals surface area contributed by atoms with Crippen molar-refractivity contribution < 1.29 is 28.4 Å². The van der Waals surface area contributed by atoms with E-state index in [4.69, 9.17) is 4.74 Å². The Morgan fingerprint density at radius 3 is 2.68 bits per heavy atom. The first-order chi connectivity index (χ1) is 19.8. The molecule has 0 bridgehead atoms. The molecule has 1 fully saturated rings. The van der Waals surface area contributed by atoms with E-state index in [0.29, 0.717) is 22.2 Å². The third kappa shape index (κ3) is 4.93. The van der Waals surface area contributed by atoms with Crippen LogP contribution in [0.15, 0.2) is 82.1 Å². The summed E-state index contributed by atoms with van der Waals surface area (Å²) in [5.74, 6) is -1.99. The molecule has 0 saturated carbocycles. The molecule has 2 aromatic carbocycles. The molecule has 2 aliphatic heterocycles. The van der Waals surface area contributed by atoms with Gasteiger partial charge in [0.1, 0.15) is 35.3 Å². The number of hydrogen-bond donors (Lipinski definition) is 3. The Morgan fingerprint density at radius 2 is 1.90 bits per heavy atom. The molecule has 3 atom stereocenters. The van der Waals surface area contributed by atoms with Gasteiger partial charge in [-0.15, -0.1) is 11.3 Å². The molecule has 41 heavy (non-hydrogen) atoms. The van der Waals surface area contributed by atoms with Gasteiger partial charge in [-0.25, -0.2) is 9.78 Å². The number of rotatable bonds is 8. The van der Waals surface area contributed by atoms with Crippen molar-refractivity contribution in [2.75, 3.05) is 12.4 Å². The SMILES string of the molecule is O=C(Cc1cccs1)NC1C(=O)N2C(C(=O)O)=C(COc3ccccc3-c3nc4ccccc4c(=O)[nH]3)CS(=O)C12. The predicted octanol–water partition coefficient (Wildman–Crippen LogP) is 2.03. The molecule has 0 aliphatic carbocycles. The minimum absolute atomic E-state index is 0.0677. The average Bonchev–Trinajstić information content (AvgIpc) is 3.47. The summed E-state index contributed by atoms with van der Waals surface area (Å²) < 4.78 is 19.2. The molecular weight excluding hydrogens is 568 g/mol. The Hall–Kier alpha value is -4.62. The fraction of sp³-hybridized carbons (Fsp3) is 0.179. The summed E-state index contributed by atoms with van der Waals surface area (Å²) in [7, 11) is -1.69. The summed E-state index contributed by atoms with van der Waals surface area (Å²) in [6.07, 6.45) is 0.0677. The zero-order chi connectivity index (χ0) is 28.7. The highest BCUT2D eigenvalue weighted by Crippen LogP contribution is 2.36. The van der Waals surface area contributed by atoms with Crippen LogP contribution in [0.25, 0.3) is 22.3 Å². The Morgan fingerprint density at radius 1 is 1.12 bits per heavy atom. The number of amides is 2. The van der Waals surface area contributed by atoms with Gasteiger partial charge in [-0.3, -0.25) is 23.5 Å². The van der Waals surface area contributed by atoms with Gasteiger partial charge in [0.2, 0.25) is 5.91 Å². The molecule has 4 aromatic rings. The van der Waals surface area contributed by atoms with Gasteiger partial charge in [-0.2, -0.15) is 0 Å². The van der Waals surface area contributed by atoms with E-state index in [9.17, 15) is 28.5 Å². The predicted molar refractivity (Wildman–Crippen MR) is 152 cm³/mol. The van der Waals surface area contributed by atoms with Crippen LogP contribution in [0.1, 0.15) is 4.88 Å². The number of carbonyl (C=O) groups excluding carboxylic acids is 2. The number of carboxylic acid groups (broad SMARTS) is 1. The lowest BCUT2D eigenvalue weighted by atomic mass is 10.0. The van der Waals surface area contributed by atoms with Gasteiger partial charge in [-0.1, -0.05) is 30.3 Å². The van der Waals surface area contributed by atoms with Crippen molar-refractivity contribution in [2.24, 2.45) is 0 Å². The molecular formula is C28H22N4O7S2. The molecule has 3 unspecified atom stereocenters. The number of aromatic nitrogens is 2. The smallest absolute Gasteiger partial charge is 0.352 e. The fourth-order valence-electron chi connectivity index (χ4n) is 4.93. The lowest BCUT2D eigenvalue weighted by molar-refractivity contribution is -0.150. The number of fused-ring (bicyclic) bond motifs is 2. The van der Waals surface area contributed by atoms with Crippen LogP contribution in [0.2, 0.25) is 0 Å². The van der Waals surface area contributed by atoms with Crippen LogP contribution in [-0.4, -0.2) is 65.7 Å². The van der Waals surface area contributed by atoms with Crippen LogP contribution in [0, 0.1) is 0 Å². The van der Waals surface area contributed by atoms with Gasteiger partial charge in [0.25, 0.3) is 11.5 Å². The maximum Gasteiger partial charge on any atom is 0.352 e. The molecule has 13 heteroatoms. The van der Waals surface area contributed by atoms with Crippen molar-refractivity contribution >= 4 is 50.8 Å². The number of aromatic amines is 1. The number of thiophene rings is 1. The van der Waals surface area contributed by atoms with Gasteiger partial charge in [0.15, 0.2) is 0 Å². The second kappa shape index (κ2) is 10.7. The van der Waals surface area contributed by atoms with E-state index >= 15 is 0 Å². The number of carbonyl (C=O) groups is 3. The van der Waals surface area contributed by atoms with Crippen LogP contribution in [0.5, 0.6) is 5.75 Å². The average molecular weight is 591 g/mol. The summed E-state index contributed by atoms with van der Waals surface area (Å²) in [6.45, 7) is -0.270. The third-order valence-electron chi connectivity index (χ3n) is 6.80. The number of carboxylic acids is 1. The van der Waals surface area contributed by atoms with E-state index in [0.717, 1.165) is 9.78 Å². The first-order valence-corrected chi connectivity index (χ1v) is 14.8. The summed E-state index contributed by atoms with van der Waals surface area (Å²) in [4.78, 5) is 59.4. The highest BCUT2D eigenvalue weighted by Gasteiger charge is 2.57. The van der Waals surface area contributed by atoms with Gasteiger partial charge in [0.05, 0.1) is 39.4 Å². The number of hydrogen-bond acceptors (Lipinski definition) is 8. The quantitative estimate of drug-likeness (QED) is 0.263. The minimum Gasteiger partial charge on any atom is -0.488 e. The minimum atomic E-state index is -1.69. The van der Waals surface area contributed by atoms with Crippen molar-refractivity contribution in [3.8, 4) is 17.1 Å². The molecule has 0 radical (unpaired) electrons. The third-order valence-corrected chi connectivity index (χ3v) is 9.33. The Balaban J connectivity index is 1.24. The van der Waals surface area contributed by atoms with Crippen molar-refractivity contribution in [1.82, 2.24) is 20.2 Å². The van der Waals surface area contributed by atoms with E-state index in [1.54, 1.807) is 54.6 Å². The van der Waals surface area contributed by atoms with E-state index in [2.05, 4.69) is 15.3 Å². The highest BCUT2D eigenvalue weighted by molar-refractivity contribution is 7.86. The van der Waals surface area contributed by atoms with Crippen LogP contribution >= 0.6 is 11.3 Å². The van der Waals surface area contributed by atoms with Crippen LogP contribution in [-0.2, 0) is 31.6 Å². The number of H-pyrrole nitrogens is 1. The number of β-lactam (4-membered cyclic amide) rings is 1. The number of para-hydroxylation sites is 2. The van der Waals surface area contributed by atoms with Gasteiger partial charge < -0.3 is 20.1 Å². The molecule has 11 nitrogen and oxygen atoms in total. The lowest BCUT2D eigenvalue weighted by Gasteiger charge is -2.49. The van der Waals surface area contributed by atoms with Crippen molar-refractivity contribution in [2.45, 2.75) is 17.8 Å². The van der Waals surface area contributed by atoms with E-state index < -0.39 is 40.0 Å². The summed E-state index contributed by atoms with van der Waals surface area (Å²) in [6, 6.07) is 16.2. The highest BCUT2D eigenvalue weighted by atomic mass is 32.2. The molecule has 2 amide bonds. The normalized spacial score (nSPS) is 20.0. The van der Waals surface area contributed by atoms with E-state index in [1.807, 2.05) is 11.4 Å². The first-order valence-electron chi connectivity index (χ1n) is 12.5. The molecule has 3 N–H and O–H groups in total. The number of ether oxygens (including phenoxy) is 1. The van der Waals surface area contributed by atoms with Gasteiger partial charge >= 0.3 is 5.97 Å². The summed E-state index contributed by atoms with van der Waals surface area (Å²) in [5, 5.41) is 13.9. The largest absolute Gasteiger partial charge is 0.488 e. The molecule has 4 heterocycles. The zero-order valence-electron chi connectivity index (χ0n) is 21.2. The molecule has 2 aromatic heterocycles. The standard InChI is InChI=1S/C28H22N4O7S2/c33-21(12-16-6-5-11-40-16)30-22-26(35)32-23(28(36)37)15(14-41(38)27(22)32)13-39-20-10-4-2-8-18(20)24-29-19-9-3-1-7-17(19)25(34)31-24/h1-11,22,27H,12-14H2,(H,30,33)(H,36,37)(H,29,31,34). The van der Waals surface area contributed by atoms with Crippen molar-refractivity contribution in [3.63, 3.8) is 0 Å². The van der Waals surface area contributed by atoms with Gasteiger partial charge in [0, 0.05) is 10.5 Å². The topological polar surface area (TPSA) is 159 Å². The molecule has 1 saturated heterocycles. The lowest BCUT2D eigenvalue weighted by Crippen LogP contribution is -2.73.